The highest BCUT2D eigenvalue weighted by molar-refractivity contribution is 5.26. The lowest BCUT2D eigenvalue weighted by atomic mass is 10.1. The highest BCUT2D eigenvalue weighted by Crippen LogP contribution is 2.22. The molecular formula is C12H19N5. The molecule has 1 atom stereocenters. The maximum Gasteiger partial charge on any atom is 0.130 e. The van der Waals surface area contributed by atoms with Gasteiger partial charge < -0.3 is 9.88 Å². The lowest BCUT2D eigenvalue weighted by Crippen LogP contribution is -2.25. The van der Waals surface area contributed by atoms with Crippen LogP contribution in [0.4, 0.5) is 0 Å². The van der Waals surface area contributed by atoms with Crippen LogP contribution in [0.5, 0.6) is 0 Å². The molecule has 0 aliphatic rings. The Morgan fingerprint density at radius 1 is 1.47 bits per heavy atom. The van der Waals surface area contributed by atoms with Crippen molar-refractivity contribution in [3.8, 4) is 0 Å². The van der Waals surface area contributed by atoms with Crippen molar-refractivity contribution in [3.63, 3.8) is 0 Å². The van der Waals surface area contributed by atoms with E-state index < -0.39 is 0 Å². The first-order valence-corrected chi connectivity index (χ1v) is 6.02. The summed E-state index contributed by atoms with van der Waals surface area (Å²) in [6.07, 6.45) is 5.73. The third kappa shape index (κ3) is 2.24. The zero-order chi connectivity index (χ0) is 12.3. The molecule has 17 heavy (non-hydrogen) atoms. The minimum absolute atomic E-state index is 0.105. The molecule has 0 spiro atoms. The van der Waals surface area contributed by atoms with Gasteiger partial charge in [-0.2, -0.15) is 5.10 Å². The summed E-state index contributed by atoms with van der Waals surface area (Å²) in [6.45, 7) is 8.07. The number of aromatic amines is 1. The highest BCUT2D eigenvalue weighted by atomic mass is 15.1. The monoisotopic (exact) mass is 233 g/mol. The van der Waals surface area contributed by atoms with E-state index in [0.717, 1.165) is 30.2 Å². The molecule has 0 aliphatic heterocycles. The number of hydrogen-bond donors (Lipinski definition) is 2. The lowest BCUT2D eigenvalue weighted by Gasteiger charge is -2.18. The SMILES string of the molecule is CCNC(c1cn[nH]c1C)c1nccn1CC. The molecule has 0 aliphatic carbocycles. The van der Waals surface area contributed by atoms with Gasteiger partial charge in [0.15, 0.2) is 0 Å². The molecule has 5 nitrogen and oxygen atoms in total. The fourth-order valence-corrected chi connectivity index (χ4v) is 2.04. The van der Waals surface area contributed by atoms with Crippen LogP contribution in [-0.4, -0.2) is 26.3 Å². The molecule has 0 bridgehead atoms. The summed E-state index contributed by atoms with van der Waals surface area (Å²) < 4.78 is 2.15. The summed E-state index contributed by atoms with van der Waals surface area (Å²) in [5.74, 6) is 1.04. The number of hydrogen-bond acceptors (Lipinski definition) is 3. The number of nitrogens with one attached hydrogen (secondary N) is 2. The third-order valence-corrected chi connectivity index (χ3v) is 2.93. The van der Waals surface area contributed by atoms with E-state index >= 15 is 0 Å². The molecule has 92 valence electrons. The Bertz CT molecular complexity index is 471. The van der Waals surface area contributed by atoms with Gasteiger partial charge in [0.2, 0.25) is 0 Å². The Morgan fingerprint density at radius 3 is 2.88 bits per heavy atom. The van der Waals surface area contributed by atoms with E-state index in [9.17, 15) is 0 Å². The summed E-state index contributed by atoms with van der Waals surface area (Å²) in [7, 11) is 0. The molecule has 0 saturated carbocycles. The van der Waals surface area contributed by atoms with Gasteiger partial charge in [-0.05, 0) is 20.4 Å². The van der Waals surface area contributed by atoms with Crippen LogP contribution in [-0.2, 0) is 6.54 Å². The first kappa shape index (κ1) is 11.9. The first-order valence-electron chi connectivity index (χ1n) is 6.02. The molecule has 2 heterocycles. The van der Waals surface area contributed by atoms with Gasteiger partial charge in [-0.3, -0.25) is 5.10 Å². The molecule has 1 unspecified atom stereocenters. The van der Waals surface area contributed by atoms with E-state index in [1.807, 2.05) is 25.5 Å². The largest absolute Gasteiger partial charge is 0.334 e. The molecule has 5 heteroatoms. The zero-order valence-corrected chi connectivity index (χ0v) is 10.6. The quantitative estimate of drug-likeness (QED) is 0.825. The number of H-pyrrole nitrogens is 1. The Labute approximate surface area is 101 Å². The summed E-state index contributed by atoms with van der Waals surface area (Å²) in [5, 5.41) is 10.5. The second-order valence-corrected chi connectivity index (χ2v) is 4.01. The van der Waals surface area contributed by atoms with E-state index in [1.54, 1.807) is 0 Å². The van der Waals surface area contributed by atoms with Gasteiger partial charge >= 0.3 is 0 Å². The van der Waals surface area contributed by atoms with Gasteiger partial charge in [0, 0.05) is 30.2 Å². The van der Waals surface area contributed by atoms with E-state index in [1.165, 1.54) is 0 Å². The molecule has 0 saturated heterocycles. The first-order chi connectivity index (χ1) is 8.27. The van der Waals surface area contributed by atoms with Gasteiger partial charge in [-0.15, -0.1) is 0 Å². The molecule has 2 N–H and O–H groups in total. The average Bonchev–Trinajstić information content (AvgIpc) is 2.94. The molecule has 0 aromatic carbocycles. The molecule has 2 aromatic heterocycles. The molecule has 2 rings (SSSR count). The molecular weight excluding hydrogens is 214 g/mol. The van der Waals surface area contributed by atoms with Crippen molar-refractivity contribution >= 4 is 0 Å². The van der Waals surface area contributed by atoms with Crippen LogP contribution in [0.15, 0.2) is 18.6 Å². The van der Waals surface area contributed by atoms with Crippen molar-refractivity contribution < 1.29 is 0 Å². The summed E-state index contributed by atoms with van der Waals surface area (Å²) in [4.78, 5) is 4.46. The standard InChI is InChI=1S/C12H19N5/c1-4-13-11(10-8-15-16-9(10)3)12-14-6-7-17(12)5-2/h6-8,11,13H,4-5H2,1-3H3,(H,15,16). The van der Waals surface area contributed by atoms with E-state index in [-0.39, 0.29) is 6.04 Å². The minimum atomic E-state index is 0.105. The highest BCUT2D eigenvalue weighted by Gasteiger charge is 2.20. The van der Waals surface area contributed by atoms with E-state index in [0.29, 0.717) is 0 Å². The van der Waals surface area contributed by atoms with Crippen molar-refractivity contribution in [1.82, 2.24) is 25.1 Å². The van der Waals surface area contributed by atoms with Gasteiger partial charge in [0.25, 0.3) is 0 Å². The van der Waals surface area contributed by atoms with Crippen molar-refractivity contribution in [1.29, 1.82) is 0 Å². The molecule has 0 radical (unpaired) electrons. The molecule has 0 amide bonds. The van der Waals surface area contributed by atoms with Crippen molar-refractivity contribution in [2.75, 3.05) is 6.54 Å². The normalized spacial score (nSPS) is 12.9. The smallest absolute Gasteiger partial charge is 0.130 e. The Kier molecular flexibility index (Phi) is 3.58. The van der Waals surface area contributed by atoms with Crippen LogP contribution in [0, 0.1) is 6.92 Å². The third-order valence-electron chi connectivity index (χ3n) is 2.93. The predicted octanol–water partition coefficient (Wildman–Crippen LogP) is 1.63. The van der Waals surface area contributed by atoms with E-state index in [2.05, 4.69) is 38.9 Å². The number of nitrogens with zero attached hydrogens (tertiary/aromatic N) is 3. The number of aromatic nitrogens is 4. The van der Waals surface area contributed by atoms with Gasteiger partial charge in [0.1, 0.15) is 5.82 Å². The number of imidazole rings is 1. The maximum atomic E-state index is 4.46. The fraction of sp³-hybridized carbons (Fsp3) is 0.500. The van der Waals surface area contributed by atoms with Crippen molar-refractivity contribution in [2.24, 2.45) is 0 Å². The predicted molar refractivity (Wildman–Crippen MR) is 66.7 cm³/mol. The lowest BCUT2D eigenvalue weighted by molar-refractivity contribution is 0.557. The van der Waals surface area contributed by atoms with Crippen LogP contribution in [0.1, 0.15) is 37.0 Å². The van der Waals surface area contributed by atoms with Gasteiger partial charge in [0.05, 0.1) is 12.2 Å². The summed E-state index contributed by atoms with van der Waals surface area (Å²) in [5.41, 5.74) is 2.24. The fourth-order valence-electron chi connectivity index (χ4n) is 2.04. The van der Waals surface area contributed by atoms with Gasteiger partial charge in [-0.1, -0.05) is 6.92 Å². The Hall–Kier alpha value is -1.62. The van der Waals surface area contributed by atoms with Crippen molar-refractivity contribution in [2.45, 2.75) is 33.4 Å². The summed E-state index contributed by atoms with van der Waals surface area (Å²) in [6, 6.07) is 0.105. The molecule has 2 aromatic rings. The van der Waals surface area contributed by atoms with Crippen LogP contribution in [0.3, 0.4) is 0 Å². The van der Waals surface area contributed by atoms with Gasteiger partial charge in [-0.25, -0.2) is 4.98 Å². The number of aryl methyl sites for hydroxylation is 2. The minimum Gasteiger partial charge on any atom is -0.334 e. The second-order valence-electron chi connectivity index (χ2n) is 4.01. The van der Waals surface area contributed by atoms with E-state index in [4.69, 9.17) is 0 Å². The zero-order valence-electron chi connectivity index (χ0n) is 10.6. The number of rotatable bonds is 5. The second kappa shape index (κ2) is 5.14. The van der Waals surface area contributed by atoms with Crippen molar-refractivity contribution in [3.05, 3.63) is 35.7 Å². The Balaban J connectivity index is 2.39. The molecule has 0 fully saturated rings. The average molecular weight is 233 g/mol. The van der Waals surface area contributed by atoms with Crippen LogP contribution in [0.2, 0.25) is 0 Å². The maximum absolute atomic E-state index is 4.46. The summed E-state index contributed by atoms with van der Waals surface area (Å²) >= 11 is 0. The van der Waals surface area contributed by atoms with Crippen LogP contribution >= 0.6 is 0 Å². The van der Waals surface area contributed by atoms with Crippen LogP contribution in [0.25, 0.3) is 0 Å². The Morgan fingerprint density at radius 2 is 2.29 bits per heavy atom. The topological polar surface area (TPSA) is 58.5 Å². The van der Waals surface area contributed by atoms with Crippen LogP contribution < -0.4 is 5.32 Å².